The summed E-state index contributed by atoms with van der Waals surface area (Å²) in [6, 6.07) is 31.3. The van der Waals surface area contributed by atoms with E-state index in [9.17, 15) is 0 Å². The molecule has 0 bridgehead atoms. The zero-order valence-corrected chi connectivity index (χ0v) is 22.6. The van der Waals surface area contributed by atoms with E-state index in [4.69, 9.17) is 0 Å². The van der Waals surface area contributed by atoms with Crippen LogP contribution < -0.4 is 4.90 Å². The molecule has 0 saturated heterocycles. The Morgan fingerprint density at radius 1 is 0.290 bits per heavy atom. The largest absolute Gasteiger partial charge is 0.311 e. The predicted molar refractivity (Wildman–Crippen MR) is 149 cm³/mol. The highest BCUT2D eigenvalue weighted by molar-refractivity contribution is 5.76. The van der Waals surface area contributed by atoms with Crippen LogP contribution in [0.1, 0.15) is 83.1 Å². The SMILES string of the molecule is CC.CC.CC.CC.CC.CC.c1ccc(N(c2ccccc2)c2ccccc2)cc1. The van der Waals surface area contributed by atoms with Crippen molar-refractivity contribution in [2.45, 2.75) is 83.1 Å². The molecule has 31 heavy (non-hydrogen) atoms. The molecule has 0 spiro atoms. The molecular formula is C30H51N. The van der Waals surface area contributed by atoms with Crippen molar-refractivity contribution in [1.29, 1.82) is 0 Å². The minimum Gasteiger partial charge on any atom is -0.311 e. The first-order valence-electron chi connectivity index (χ1n) is 12.4. The fraction of sp³-hybridized carbons (Fsp3) is 0.400. The standard InChI is InChI=1S/C18H15N.6C2H6/c1-4-10-16(11-5-1)19(17-12-6-2-7-13-17)18-14-8-3-9-15-18;6*1-2/h1-15H;6*1-2H3. The van der Waals surface area contributed by atoms with Gasteiger partial charge in [0, 0.05) is 17.1 Å². The molecule has 0 fully saturated rings. The van der Waals surface area contributed by atoms with Crippen molar-refractivity contribution in [3.05, 3.63) is 91.0 Å². The number of para-hydroxylation sites is 3. The summed E-state index contributed by atoms with van der Waals surface area (Å²) in [4.78, 5) is 2.25. The second-order valence-corrected chi connectivity index (χ2v) is 4.34. The minimum atomic E-state index is 1.17. The molecule has 1 heteroatoms. The van der Waals surface area contributed by atoms with Crippen LogP contribution in [-0.4, -0.2) is 0 Å². The Morgan fingerprint density at radius 3 is 0.613 bits per heavy atom. The second kappa shape index (κ2) is 32.1. The lowest BCUT2D eigenvalue weighted by Gasteiger charge is -2.25. The zero-order valence-electron chi connectivity index (χ0n) is 22.6. The first kappa shape index (κ1) is 35.9. The third-order valence-corrected chi connectivity index (χ3v) is 3.04. The van der Waals surface area contributed by atoms with Crippen molar-refractivity contribution in [1.82, 2.24) is 0 Å². The molecular weight excluding hydrogens is 374 g/mol. The average molecular weight is 426 g/mol. The van der Waals surface area contributed by atoms with Crippen LogP contribution in [-0.2, 0) is 0 Å². The highest BCUT2D eigenvalue weighted by Gasteiger charge is 2.10. The van der Waals surface area contributed by atoms with Gasteiger partial charge in [-0.3, -0.25) is 0 Å². The second-order valence-electron chi connectivity index (χ2n) is 4.34. The molecule has 0 atom stereocenters. The van der Waals surface area contributed by atoms with E-state index in [1.165, 1.54) is 17.1 Å². The molecule has 1 nitrogen and oxygen atoms in total. The maximum absolute atomic E-state index is 2.25. The van der Waals surface area contributed by atoms with Gasteiger partial charge in [0.15, 0.2) is 0 Å². The zero-order chi connectivity index (χ0) is 24.9. The molecule has 0 unspecified atom stereocenters. The molecule has 3 aromatic carbocycles. The van der Waals surface area contributed by atoms with E-state index in [2.05, 4.69) is 77.7 Å². The van der Waals surface area contributed by atoms with Crippen LogP contribution in [0.3, 0.4) is 0 Å². The summed E-state index contributed by atoms with van der Waals surface area (Å²) in [7, 11) is 0. The Bertz CT molecular complexity index is 524. The molecule has 176 valence electrons. The summed E-state index contributed by atoms with van der Waals surface area (Å²) >= 11 is 0. The summed E-state index contributed by atoms with van der Waals surface area (Å²) in [5.74, 6) is 0. The maximum atomic E-state index is 2.25. The van der Waals surface area contributed by atoms with Crippen molar-refractivity contribution >= 4 is 17.1 Å². The lowest BCUT2D eigenvalue weighted by atomic mass is 10.2. The van der Waals surface area contributed by atoms with E-state index in [0.29, 0.717) is 0 Å². The van der Waals surface area contributed by atoms with Crippen LogP contribution in [0, 0.1) is 0 Å². The van der Waals surface area contributed by atoms with E-state index in [0.717, 1.165) is 0 Å². The Hall–Kier alpha value is -2.54. The monoisotopic (exact) mass is 425 g/mol. The van der Waals surface area contributed by atoms with Crippen LogP contribution in [0.25, 0.3) is 0 Å². The van der Waals surface area contributed by atoms with Crippen LogP contribution in [0.4, 0.5) is 17.1 Å². The molecule has 0 N–H and O–H groups in total. The Kier molecular flexibility index (Phi) is 37.2. The minimum absolute atomic E-state index is 1.17. The smallest absolute Gasteiger partial charge is 0.0461 e. The number of benzene rings is 3. The number of anilines is 3. The van der Waals surface area contributed by atoms with Crippen molar-refractivity contribution < 1.29 is 0 Å². The van der Waals surface area contributed by atoms with Crippen molar-refractivity contribution in [2.24, 2.45) is 0 Å². The van der Waals surface area contributed by atoms with Gasteiger partial charge in [-0.1, -0.05) is 138 Å². The van der Waals surface area contributed by atoms with Gasteiger partial charge >= 0.3 is 0 Å². The molecule has 0 aliphatic heterocycles. The third-order valence-electron chi connectivity index (χ3n) is 3.04. The van der Waals surface area contributed by atoms with Crippen LogP contribution in [0.5, 0.6) is 0 Å². The normalized spacial score (nSPS) is 7.35. The Balaban J connectivity index is -0.000000264. The lowest BCUT2D eigenvalue weighted by molar-refractivity contribution is 1.28. The van der Waals surface area contributed by atoms with E-state index in [1.807, 2.05) is 101 Å². The molecule has 0 aromatic heterocycles. The quantitative estimate of drug-likeness (QED) is 0.403. The fourth-order valence-electron chi connectivity index (χ4n) is 2.18. The topological polar surface area (TPSA) is 3.24 Å². The number of hydrogen-bond donors (Lipinski definition) is 0. The van der Waals surface area contributed by atoms with E-state index in [-0.39, 0.29) is 0 Å². The molecule has 0 aliphatic carbocycles. The van der Waals surface area contributed by atoms with Crippen molar-refractivity contribution in [2.75, 3.05) is 4.90 Å². The third kappa shape index (κ3) is 15.9. The van der Waals surface area contributed by atoms with Crippen LogP contribution >= 0.6 is 0 Å². The predicted octanol–water partition coefficient (Wildman–Crippen LogP) is 11.3. The lowest BCUT2D eigenvalue weighted by Crippen LogP contribution is -2.09. The molecule has 0 heterocycles. The maximum Gasteiger partial charge on any atom is 0.0461 e. The van der Waals surface area contributed by atoms with E-state index in [1.54, 1.807) is 0 Å². The first-order chi connectivity index (χ1) is 15.4. The molecule has 0 aliphatic rings. The van der Waals surface area contributed by atoms with Crippen LogP contribution in [0.15, 0.2) is 91.0 Å². The highest BCUT2D eigenvalue weighted by Crippen LogP contribution is 2.33. The van der Waals surface area contributed by atoms with Gasteiger partial charge in [0.2, 0.25) is 0 Å². The van der Waals surface area contributed by atoms with Crippen LogP contribution in [0.2, 0.25) is 0 Å². The van der Waals surface area contributed by atoms with Gasteiger partial charge in [0.25, 0.3) is 0 Å². The first-order valence-corrected chi connectivity index (χ1v) is 12.4. The number of hydrogen-bond acceptors (Lipinski definition) is 1. The summed E-state index contributed by atoms with van der Waals surface area (Å²) in [6.07, 6.45) is 0. The average Bonchev–Trinajstić information content (AvgIpc) is 2.93. The molecule has 3 aromatic rings. The summed E-state index contributed by atoms with van der Waals surface area (Å²) in [5.41, 5.74) is 3.50. The molecule has 3 rings (SSSR count). The highest BCUT2D eigenvalue weighted by atomic mass is 15.1. The van der Waals surface area contributed by atoms with Gasteiger partial charge in [0.05, 0.1) is 0 Å². The van der Waals surface area contributed by atoms with Gasteiger partial charge in [0.1, 0.15) is 0 Å². The summed E-state index contributed by atoms with van der Waals surface area (Å²) in [5, 5.41) is 0. The number of nitrogens with zero attached hydrogens (tertiary/aromatic N) is 1. The molecule has 0 amide bonds. The summed E-state index contributed by atoms with van der Waals surface area (Å²) < 4.78 is 0. The van der Waals surface area contributed by atoms with Crippen molar-refractivity contribution in [3.8, 4) is 0 Å². The Labute approximate surface area is 196 Å². The van der Waals surface area contributed by atoms with Gasteiger partial charge in [-0.15, -0.1) is 0 Å². The molecule has 0 saturated carbocycles. The van der Waals surface area contributed by atoms with E-state index >= 15 is 0 Å². The van der Waals surface area contributed by atoms with E-state index < -0.39 is 0 Å². The number of rotatable bonds is 3. The molecule has 0 radical (unpaired) electrons. The summed E-state index contributed by atoms with van der Waals surface area (Å²) in [6.45, 7) is 24.0. The fourth-order valence-corrected chi connectivity index (χ4v) is 2.18. The van der Waals surface area contributed by atoms with Gasteiger partial charge in [-0.2, -0.15) is 0 Å². The van der Waals surface area contributed by atoms with Gasteiger partial charge in [-0.25, -0.2) is 0 Å². The van der Waals surface area contributed by atoms with Crippen molar-refractivity contribution in [3.63, 3.8) is 0 Å². The Morgan fingerprint density at radius 2 is 0.452 bits per heavy atom. The van der Waals surface area contributed by atoms with Gasteiger partial charge in [-0.05, 0) is 36.4 Å². The van der Waals surface area contributed by atoms with Gasteiger partial charge < -0.3 is 4.90 Å².